The van der Waals surface area contributed by atoms with Crippen molar-refractivity contribution in [2.75, 3.05) is 6.54 Å². The van der Waals surface area contributed by atoms with E-state index in [1.54, 1.807) is 12.1 Å². The molecule has 4 rings (SSSR count). The van der Waals surface area contributed by atoms with Gasteiger partial charge in [-0.3, -0.25) is 9.59 Å². The highest BCUT2D eigenvalue weighted by molar-refractivity contribution is 7.16. The van der Waals surface area contributed by atoms with Gasteiger partial charge in [-0.25, -0.2) is 0 Å². The first-order chi connectivity index (χ1) is 16.1. The summed E-state index contributed by atoms with van der Waals surface area (Å²) in [6.07, 6.45) is 1.35. The second-order valence-corrected chi connectivity index (χ2v) is 8.97. The molecule has 1 atom stereocenters. The molecule has 0 saturated carbocycles. The van der Waals surface area contributed by atoms with Gasteiger partial charge in [0.05, 0.1) is 10.2 Å². The van der Waals surface area contributed by atoms with Gasteiger partial charge in [-0.05, 0) is 49.6 Å². The lowest BCUT2D eigenvalue weighted by Gasteiger charge is -2.18. The average Bonchev–Trinajstić information content (AvgIpc) is 3.18. The summed E-state index contributed by atoms with van der Waals surface area (Å²) in [5.74, 6) is -0.379. The molecule has 1 heterocycles. The zero-order chi connectivity index (χ0) is 23.2. The maximum Gasteiger partial charge on any atom is 0.279 e. The third kappa shape index (κ3) is 5.29. The van der Waals surface area contributed by atoms with Gasteiger partial charge >= 0.3 is 0 Å². The molecule has 0 radical (unpaired) electrons. The summed E-state index contributed by atoms with van der Waals surface area (Å²) in [6.45, 7) is 4.51. The number of aryl methyl sites for hydroxylation is 1. The molecular weight excluding hydrogens is 430 g/mol. The molecule has 3 aromatic carbocycles. The number of hydrogen-bond acceptors (Lipinski definition) is 3. The second-order valence-electron chi connectivity index (χ2n) is 7.96. The van der Waals surface area contributed by atoms with Crippen molar-refractivity contribution in [3.05, 3.63) is 100 Å². The molecule has 168 valence electrons. The number of hydrogen-bond donors (Lipinski definition) is 1. The van der Waals surface area contributed by atoms with E-state index in [1.165, 1.54) is 16.9 Å². The van der Waals surface area contributed by atoms with Crippen LogP contribution in [-0.4, -0.2) is 22.9 Å². The summed E-state index contributed by atoms with van der Waals surface area (Å²) in [5.41, 5.74) is 3.70. The summed E-state index contributed by atoms with van der Waals surface area (Å²) in [7, 11) is 0. The molecule has 6 heteroatoms. The maximum absolute atomic E-state index is 13.2. The Balaban J connectivity index is 1.65. The number of rotatable bonds is 7. The number of benzene rings is 3. The second kappa shape index (κ2) is 10.4. The van der Waals surface area contributed by atoms with Gasteiger partial charge in [0.15, 0.2) is 4.80 Å². The average molecular weight is 458 g/mol. The van der Waals surface area contributed by atoms with Gasteiger partial charge in [-0.1, -0.05) is 78.4 Å². The van der Waals surface area contributed by atoms with Crippen LogP contribution in [0, 0.1) is 6.92 Å². The number of carbonyl (C=O) groups excluding carboxylic acids is 2. The van der Waals surface area contributed by atoms with Crippen LogP contribution in [0.4, 0.5) is 0 Å². The van der Waals surface area contributed by atoms with E-state index in [9.17, 15) is 9.59 Å². The molecule has 2 amide bonds. The van der Waals surface area contributed by atoms with E-state index < -0.39 is 6.04 Å². The summed E-state index contributed by atoms with van der Waals surface area (Å²) in [5, 5.41) is 3.07. The van der Waals surface area contributed by atoms with Crippen LogP contribution >= 0.6 is 11.3 Å². The molecule has 0 fully saturated rings. The molecule has 1 aromatic heterocycles. The van der Waals surface area contributed by atoms with E-state index in [0.717, 1.165) is 22.2 Å². The Morgan fingerprint density at radius 1 is 0.970 bits per heavy atom. The fourth-order valence-electron chi connectivity index (χ4n) is 3.80. The van der Waals surface area contributed by atoms with Gasteiger partial charge in [-0.15, -0.1) is 0 Å². The number of thiazole rings is 1. The molecule has 5 nitrogen and oxygen atoms in total. The van der Waals surface area contributed by atoms with Crippen molar-refractivity contribution in [1.82, 2.24) is 9.88 Å². The molecule has 0 aliphatic rings. The Hall–Kier alpha value is -3.51. The Morgan fingerprint density at radius 2 is 1.67 bits per heavy atom. The molecule has 0 aliphatic heterocycles. The van der Waals surface area contributed by atoms with Gasteiger partial charge in [0, 0.05) is 12.1 Å². The van der Waals surface area contributed by atoms with Crippen LogP contribution in [-0.2, 0) is 11.2 Å². The predicted octanol–water partition coefficient (Wildman–Crippen LogP) is 5.06. The zero-order valence-corrected chi connectivity index (χ0v) is 19.6. The monoisotopic (exact) mass is 457 g/mol. The van der Waals surface area contributed by atoms with E-state index in [-0.39, 0.29) is 11.8 Å². The van der Waals surface area contributed by atoms with Crippen LogP contribution < -0.4 is 10.1 Å². The van der Waals surface area contributed by atoms with Crippen molar-refractivity contribution in [3.8, 4) is 0 Å². The third-order valence-corrected chi connectivity index (χ3v) is 6.62. The van der Waals surface area contributed by atoms with Crippen molar-refractivity contribution in [3.63, 3.8) is 0 Å². The fourth-order valence-corrected chi connectivity index (χ4v) is 4.86. The number of nitrogens with zero attached hydrogens (tertiary/aromatic N) is 2. The Bertz CT molecular complexity index is 1320. The van der Waals surface area contributed by atoms with Crippen LogP contribution in [0.2, 0.25) is 0 Å². The fraction of sp³-hybridized carbons (Fsp3) is 0.222. The van der Waals surface area contributed by atoms with Gasteiger partial charge in [0.25, 0.3) is 5.91 Å². The number of carbonyl (C=O) groups is 2. The minimum Gasteiger partial charge on any atom is -0.354 e. The van der Waals surface area contributed by atoms with Crippen LogP contribution in [0.15, 0.2) is 83.9 Å². The minimum atomic E-state index is -0.457. The number of para-hydroxylation sites is 1. The summed E-state index contributed by atoms with van der Waals surface area (Å²) in [6, 6.07) is 24.9. The first-order valence-electron chi connectivity index (χ1n) is 11.1. The topological polar surface area (TPSA) is 63.5 Å². The van der Waals surface area contributed by atoms with Crippen LogP contribution in [0.5, 0.6) is 0 Å². The predicted molar refractivity (Wildman–Crippen MR) is 133 cm³/mol. The lowest BCUT2D eigenvalue weighted by atomic mass is 10.1. The van der Waals surface area contributed by atoms with E-state index in [2.05, 4.69) is 22.4 Å². The normalized spacial score (nSPS) is 12.6. The van der Waals surface area contributed by atoms with Crippen LogP contribution in [0.25, 0.3) is 10.2 Å². The minimum absolute atomic E-state index is 0.0683. The molecule has 33 heavy (non-hydrogen) atoms. The zero-order valence-electron chi connectivity index (χ0n) is 18.8. The van der Waals surface area contributed by atoms with Crippen molar-refractivity contribution in [2.45, 2.75) is 32.7 Å². The van der Waals surface area contributed by atoms with E-state index in [4.69, 9.17) is 0 Å². The lowest BCUT2D eigenvalue weighted by Crippen LogP contribution is -2.37. The van der Waals surface area contributed by atoms with Crippen molar-refractivity contribution in [2.24, 2.45) is 4.99 Å². The molecule has 0 aliphatic carbocycles. The van der Waals surface area contributed by atoms with Crippen molar-refractivity contribution >= 4 is 33.4 Å². The van der Waals surface area contributed by atoms with E-state index in [1.807, 2.05) is 73.0 Å². The number of fused-ring (bicyclic) bond motifs is 1. The molecular formula is C27H27N3O2S. The third-order valence-electron chi connectivity index (χ3n) is 5.58. The van der Waals surface area contributed by atoms with Crippen molar-refractivity contribution < 1.29 is 9.59 Å². The van der Waals surface area contributed by atoms with Gasteiger partial charge in [0.2, 0.25) is 5.91 Å². The van der Waals surface area contributed by atoms with Crippen LogP contribution in [0.1, 0.15) is 40.9 Å². The molecule has 0 bridgehead atoms. The van der Waals surface area contributed by atoms with Crippen LogP contribution in [0.3, 0.4) is 0 Å². The van der Waals surface area contributed by atoms with Gasteiger partial charge in [-0.2, -0.15) is 4.99 Å². The largest absolute Gasteiger partial charge is 0.354 e. The Labute approximate surface area is 197 Å². The lowest BCUT2D eigenvalue weighted by molar-refractivity contribution is -0.124. The molecule has 0 spiro atoms. The van der Waals surface area contributed by atoms with Crippen molar-refractivity contribution in [1.29, 1.82) is 0 Å². The number of nitrogens with one attached hydrogen (secondary N) is 1. The molecule has 0 saturated heterocycles. The van der Waals surface area contributed by atoms with Gasteiger partial charge in [0.1, 0.15) is 6.04 Å². The smallest absolute Gasteiger partial charge is 0.279 e. The first-order valence-corrected chi connectivity index (χ1v) is 12.0. The first kappa shape index (κ1) is 22.7. The highest BCUT2D eigenvalue weighted by Crippen LogP contribution is 2.23. The maximum atomic E-state index is 13.2. The summed E-state index contributed by atoms with van der Waals surface area (Å²) >= 11 is 1.43. The Kier molecular flexibility index (Phi) is 7.15. The highest BCUT2D eigenvalue weighted by atomic mass is 32.1. The quantitative estimate of drug-likeness (QED) is 0.421. The van der Waals surface area contributed by atoms with Gasteiger partial charge < -0.3 is 9.88 Å². The SMILES string of the molecule is CCC(C(=O)NCCc1ccccc1)n1c(=NC(=O)c2ccc(C)cc2)sc2ccccc21. The number of amides is 2. The molecule has 1 N–H and O–H groups in total. The standard InChI is InChI=1S/C27H27N3O2S/c1-3-22(26(32)28-18-17-20-9-5-4-6-10-20)30-23-11-7-8-12-24(23)33-27(30)29-25(31)21-15-13-19(2)14-16-21/h4-16,22H,3,17-18H2,1-2H3,(H,28,32). The van der Waals surface area contributed by atoms with E-state index >= 15 is 0 Å². The molecule has 4 aromatic rings. The van der Waals surface area contributed by atoms with E-state index in [0.29, 0.717) is 23.3 Å². The Morgan fingerprint density at radius 3 is 2.39 bits per heavy atom. The number of aromatic nitrogens is 1. The summed E-state index contributed by atoms with van der Waals surface area (Å²) < 4.78 is 2.90. The highest BCUT2D eigenvalue weighted by Gasteiger charge is 2.22. The molecule has 1 unspecified atom stereocenters. The summed E-state index contributed by atoms with van der Waals surface area (Å²) in [4.78, 5) is 31.1.